The normalized spacial score (nSPS) is 45.0. The van der Waals surface area contributed by atoms with Gasteiger partial charge in [-0.1, -0.05) is 0 Å². The van der Waals surface area contributed by atoms with Crippen LogP contribution in [-0.2, 0) is 0 Å². The van der Waals surface area contributed by atoms with Gasteiger partial charge in [0.2, 0.25) is 0 Å². The topological polar surface area (TPSA) is 23.1 Å². The first kappa shape index (κ1) is 7.03. The van der Waals surface area contributed by atoms with E-state index in [1.54, 1.807) is 7.05 Å². The zero-order valence-corrected chi connectivity index (χ0v) is 6.26. The fraction of sp³-hybridized carbons (Fsp3) is 1.00. The molecule has 0 amide bonds. The molecule has 0 aliphatic carbocycles. The van der Waals surface area contributed by atoms with Crippen LogP contribution in [0, 0.1) is 5.21 Å². The van der Waals surface area contributed by atoms with E-state index in [0.29, 0.717) is 6.04 Å². The van der Waals surface area contributed by atoms with Crippen LogP contribution in [0.15, 0.2) is 0 Å². The number of hydrogen-bond donors (Lipinski definition) is 0. The number of quaternary nitrogens is 1. The van der Waals surface area contributed by atoms with Crippen molar-refractivity contribution in [2.45, 2.75) is 32.2 Å². The highest BCUT2D eigenvalue weighted by Gasteiger charge is 2.23. The molecule has 1 heterocycles. The van der Waals surface area contributed by atoms with E-state index in [9.17, 15) is 5.21 Å². The Bertz CT molecular complexity index is 101. The molecule has 0 N–H and O–H groups in total. The van der Waals surface area contributed by atoms with Crippen molar-refractivity contribution in [3.8, 4) is 0 Å². The fourth-order valence-electron chi connectivity index (χ4n) is 1.36. The molecule has 0 aromatic heterocycles. The third-order valence-corrected chi connectivity index (χ3v) is 2.41. The second-order valence-corrected chi connectivity index (χ2v) is 3.24. The van der Waals surface area contributed by atoms with Crippen LogP contribution in [-0.4, -0.2) is 24.3 Å². The number of hydroxylamine groups is 3. The molecule has 0 aromatic rings. The Morgan fingerprint density at radius 1 is 1.44 bits per heavy atom. The second-order valence-electron chi connectivity index (χ2n) is 3.24. The lowest BCUT2D eigenvalue weighted by molar-refractivity contribution is -0.889. The Labute approximate surface area is 56.6 Å². The van der Waals surface area contributed by atoms with Crippen molar-refractivity contribution in [2.75, 3.05) is 13.6 Å². The van der Waals surface area contributed by atoms with Crippen LogP contribution in [0.4, 0.5) is 0 Å². The molecule has 0 spiro atoms. The summed E-state index contributed by atoms with van der Waals surface area (Å²) in [6.07, 6.45) is 3.47. The van der Waals surface area contributed by atoms with Crippen molar-refractivity contribution in [3.63, 3.8) is 0 Å². The van der Waals surface area contributed by atoms with Gasteiger partial charge in [0.15, 0.2) is 0 Å². The zero-order chi connectivity index (χ0) is 6.91. The first-order valence-electron chi connectivity index (χ1n) is 3.69. The summed E-state index contributed by atoms with van der Waals surface area (Å²) >= 11 is 0. The predicted octanol–water partition coefficient (Wildman–Crippen LogP) is 1.50. The van der Waals surface area contributed by atoms with Crippen LogP contribution in [0.2, 0.25) is 0 Å². The summed E-state index contributed by atoms with van der Waals surface area (Å²) < 4.78 is -0.0139. The van der Waals surface area contributed by atoms with Gasteiger partial charge in [0, 0.05) is 0 Å². The molecular formula is C7H15NO. The molecule has 1 fully saturated rings. The summed E-state index contributed by atoms with van der Waals surface area (Å²) in [5.74, 6) is 0. The van der Waals surface area contributed by atoms with Crippen LogP contribution < -0.4 is 0 Å². The van der Waals surface area contributed by atoms with Crippen molar-refractivity contribution < 1.29 is 4.65 Å². The Morgan fingerprint density at radius 2 is 2.11 bits per heavy atom. The summed E-state index contributed by atoms with van der Waals surface area (Å²) in [6, 6.07) is 0.332. The van der Waals surface area contributed by atoms with E-state index in [1.165, 1.54) is 6.42 Å². The molecule has 0 saturated carbocycles. The Hall–Kier alpha value is -0.0800. The van der Waals surface area contributed by atoms with Gasteiger partial charge in [-0.2, -0.15) is 0 Å². The molecule has 9 heavy (non-hydrogen) atoms. The van der Waals surface area contributed by atoms with Gasteiger partial charge in [0.05, 0.1) is 19.6 Å². The third kappa shape index (κ3) is 1.43. The summed E-state index contributed by atoms with van der Waals surface area (Å²) in [5.41, 5.74) is 0. The number of hydrogen-bond acceptors (Lipinski definition) is 1. The molecule has 0 aromatic carbocycles. The minimum absolute atomic E-state index is 0.0139. The van der Waals surface area contributed by atoms with Gasteiger partial charge in [0.1, 0.15) is 0 Å². The number of nitrogens with zero attached hydrogens (tertiary/aromatic N) is 1. The summed E-state index contributed by atoms with van der Waals surface area (Å²) in [6.45, 7) is 2.87. The van der Waals surface area contributed by atoms with E-state index >= 15 is 0 Å². The maximum absolute atomic E-state index is 11.4. The lowest BCUT2D eigenvalue weighted by atomic mass is 10.0. The number of rotatable bonds is 0. The van der Waals surface area contributed by atoms with Gasteiger partial charge in [-0.15, -0.1) is 0 Å². The highest BCUT2D eigenvalue weighted by molar-refractivity contribution is 4.59. The molecule has 2 atom stereocenters. The minimum atomic E-state index is -0.0139. The highest BCUT2D eigenvalue weighted by Crippen LogP contribution is 2.21. The van der Waals surface area contributed by atoms with Crippen molar-refractivity contribution in [1.29, 1.82) is 0 Å². The van der Waals surface area contributed by atoms with Gasteiger partial charge in [-0.05, 0) is 26.2 Å². The average Bonchev–Trinajstić information content (AvgIpc) is 1.77. The smallest absolute Gasteiger partial charge is 0.0856 e. The van der Waals surface area contributed by atoms with E-state index in [0.717, 1.165) is 19.4 Å². The van der Waals surface area contributed by atoms with E-state index in [1.807, 2.05) is 6.92 Å². The van der Waals surface area contributed by atoms with Crippen LogP contribution in [0.5, 0.6) is 0 Å². The highest BCUT2D eigenvalue weighted by atomic mass is 16.5. The Balaban J connectivity index is 2.49. The number of likely N-dealkylation sites (tertiary alicyclic amines) is 1. The van der Waals surface area contributed by atoms with E-state index in [2.05, 4.69) is 0 Å². The molecule has 2 nitrogen and oxygen atoms in total. The molecule has 0 unspecified atom stereocenters. The first-order valence-corrected chi connectivity index (χ1v) is 3.69. The van der Waals surface area contributed by atoms with Crippen LogP contribution >= 0.6 is 0 Å². The summed E-state index contributed by atoms with van der Waals surface area (Å²) in [7, 11) is 1.78. The lowest BCUT2D eigenvalue weighted by Crippen LogP contribution is -2.48. The van der Waals surface area contributed by atoms with Gasteiger partial charge in [-0.25, -0.2) is 0 Å². The Kier molecular flexibility index (Phi) is 1.78. The molecule has 0 radical (unpaired) electrons. The van der Waals surface area contributed by atoms with E-state index < -0.39 is 0 Å². The predicted molar refractivity (Wildman–Crippen MR) is 37.7 cm³/mol. The van der Waals surface area contributed by atoms with E-state index in [4.69, 9.17) is 0 Å². The van der Waals surface area contributed by atoms with Gasteiger partial charge >= 0.3 is 0 Å². The molecule has 1 saturated heterocycles. The minimum Gasteiger partial charge on any atom is -0.633 e. The molecular weight excluding hydrogens is 114 g/mol. The molecule has 2 heteroatoms. The lowest BCUT2D eigenvalue weighted by Gasteiger charge is -2.47. The van der Waals surface area contributed by atoms with Crippen molar-refractivity contribution in [2.24, 2.45) is 0 Å². The van der Waals surface area contributed by atoms with Crippen LogP contribution in [0.25, 0.3) is 0 Å². The standard InChI is InChI=1S/C7H15NO/c1-7-5-3-4-6-8(7,2)9/h7H,3-6H2,1-2H3/t7-,8-/m0/s1. The summed E-state index contributed by atoms with van der Waals surface area (Å²) in [4.78, 5) is 0. The van der Waals surface area contributed by atoms with Gasteiger partial charge in [-0.3, -0.25) is 0 Å². The van der Waals surface area contributed by atoms with Gasteiger partial charge < -0.3 is 9.85 Å². The van der Waals surface area contributed by atoms with Crippen molar-refractivity contribution >= 4 is 0 Å². The van der Waals surface area contributed by atoms with Crippen LogP contribution in [0.1, 0.15) is 26.2 Å². The largest absolute Gasteiger partial charge is 0.633 e. The maximum Gasteiger partial charge on any atom is 0.0856 e. The monoisotopic (exact) mass is 129 g/mol. The fourth-order valence-corrected chi connectivity index (χ4v) is 1.36. The molecule has 1 rings (SSSR count). The molecule has 1 aliphatic rings. The van der Waals surface area contributed by atoms with Gasteiger partial charge in [0.25, 0.3) is 0 Å². The summed E-state index contributed by atoms with van der Waals surface area (Å²) in [5, 5.41) is 11.4. The second kappa shape index (κ2) is 2.27. The maximum atomic E-state index is 11.4. The molecule has 1 aliphatic heterocycles. The Morgan fingerprint density at radius 3 is 2.44 bits per heavy atom. The quantitative estimate of drug-likeness (QED) is 0.359. The zero-order valence-electron chi connectivity index (χ0n) is 6.26. The first-order chi connectivity index (χ1) is 4.13. The van der Waals surface area contributed by atoms with Crippen molar-refractivity contribution in [3.05, 3.63) is 5.21 Å². The average molecular weight is 129 g/mol. The molecule has 0 bridgehead atoms. The SMILES string of the molecule is C[C@H]1CCCC[N@+]1(C)[O-]. The van der Waals surface area contributed by atoms with Crippen molar-refractivity contribution in [1.82, 2.24) is 0 Å². The van der Waals surface area contributed by atoms with E-state index in [-0.39, 0.29) is 4.65 Å². The molecule has 54 valence electrons. The third-order valence-electron chi connectivity index (χ3n) is 2.41. The van der Waals surface area contributed by atoms with Crippen LogP contribution in [0.3, 0.4) is 0 Å². The number of piperidine rings is 1.